The molecule has 0 aliphatic carbocycles. The van der Waals surface area contributed by atoms with Crippen LogP contribution in [0.5, 0.6) is 0 Å². The van der Waals surface area contributed by atoms with Gasteiger partial charge in [-0.25, -0.2) is 0 Å². The lowest BCUT2D eigenvalue weighted by molar-refractivity contribution is 0.149. The van der Waals surface area contributed by atoms with E-state index in [1.54, 1.807) is 0 Å². The Balaban J connectivity index is 1.52. The molecule has 4 nitrogen and oxygen atoms in total. The number of hydrogen-bond donors (Lipinski definition) is 1. The molecular weight excluding hydrogens is 238 g/mol. The first-order valence-corrected chi connectivity index (χ1v) is 7.14. The average molecular weight is 261 g/mol. The molecule has 0 amide bonds. The van der Waals surface area contributed by atoms with Gasteiger partial charge in [0.05, 0.1) is 12.1 Å². The molecule has 0 aromatic heterocycles. The van der Waals surface area contributed by atoms with Gasteiger partial charge in [-0.1, -0.05) is 18.2 Å². The summed E-state index contributed by atoms with van der Waals surface area (Å²) in [7, 11) is 0. The summed E-state index contributed by atoms with van der Waals surface area (Å²) in [5.74, 6) is 0. The van der Waals surface area contributed by atoms with E-state index in [9.17, 15) is 0 Å². The Morgan fingerprint density at radius 2 is 1.84 bits per heavy atom. The van der Waals surface area contributed by atoms with E-state index in [0.29, 0.717) is 6.61 Å². The van der Waals surface area contributed by atoms with Crippen molar-refractivity contribution in [3.05, 3.63) is 30.3 Å². The second-order valence-corrected chi connectivity index (χ2v) is 5.76. The first-order chi connectivity index (χ1) is 9.25. The highest BCUT2D eigenvalue weighted by Crippen LogP contribution is 2.20. The summed E-state index contributed by atoms with van der Waals surface area (Å²) in [5.41, 5.74) is 7.57. The topological polar surface area (TPSA) is 41.7 Å². The van der Waals surface area contributed by atoms with Crippen LogP contribution in [0, 0.1) is 0 Å². The summed E-state index contributed by atoms with van der Waals surface area (Å²) < 4.78 is 5.43. The summed E-state index contributed by atoms with van der Waals surface area (Å²) in [6.07, 6.45) is 0.992. The molecule has 1 aromatic carbocycles. The van der Waals surface area contributed by atoms with Crippen LogP contribution in [0.2, 0.25) is 0 Å². The molecule has 19 heavy (non-hydrogen) atoms. The largest absolute Gasteiger partial charge is 0.379 e. The lowest BCUT2D eigenvalue weighted by atomic mass is 9.99. The number of rotatable bonds is 3. The SMILES string of the molecule is NC1(CN2CCN(c3ccccc3)CC2)CCOC1. The zero-order valence-corrected chi connectivity index (χ0v) is 11.4. The van der Waals surface area contributed by atoms with Gasteiger partial charge in [0.25, 0.3) is 0 Å². The van der Waals surface area contributed by atoms with Crippen LogP contribution in [0.25, 0.3) is 0 Å². The lowest BCUT2D eigenvalue weighted by Crippen LogP contribution is -2.55. The monoisotopic (exact) mass is 261 g/mol. The van der Waals surface area contributed by atoms with Crippen molar-refractivity contribution in [3.8, 4) is 0 Å². The third-order valence-corrected chi connectivity index (χ3v) is 4.17. The van der Waals surface area contributed by atoms with Crippen molar-refractivity contribution in [1.82, 2.24) is 4.90 Å². The second kappa shape index (κ2) is 5.49. The number of benzene rings is 1. The van der Waals surface area contributed by atoms with Gasteiger partial charge in [0, 0.05) is 45.0 Å². The molecule has 2 heterocycles. The molecule has 0 radical (unpaired) electrons. The maximum Gasteiger partial charge on any atom is 0.0659 e. The normalized spacial score (nSPS) is 28.8. The van der Waals surface area contributed by atoms with Gasteiger partial charge in [-0.2, -0.15) is 0 Å². The Hall–Kier alpha value is -1.10. The Labute approximate surface area is 115 Å². The molecular formula is C15H23N3O. The number of piperazine rings is 1. The van der Waals surface area contributed by atoms with Gasteiger partial charge in [0.15, 0.2) is 0 Å². The number of anilines is 1. The van der Waals surface area contributed by atoms with Gasteiger partial charge in [-0.3, -0.25) is 4.90 Å². The Bertz CT molecular complexity index is 395. The molecule has 2 fully saturated rings. The maximum absolute atomic E-state index is 6.36. The van der Waals surface area contributed by atoms with Gasteiger partial charge in [0.2, 0.25) is 0 Å². The third kappa shape index (κ3) is 3.08. The lowest BCUT2D eigenvalue weighted by Gasteiger charge is -2.39. The molecule has 0 spiro atoms. The molecule has 2 N–H and O–H groups in total. The van der Waals surface area contributed by atoms with Crippen molar-refractivity contribution < 1.29 is 4.74 Å². The van der Waals surface area contributed by atoms with Crippen LogP contribution >= 0.6 is 0 Å². The molecule has 2 saturated heterocycles. The van der Waals surface area contributed by atoms with Crippen molar-refractivity contribution in [2.75, 3.05) is 50.8 Å². The van der Waals surface area contributed by atoms with E-state index >= 15 is 0 Å². The minimum atomic E-state index is -0.116. The predicted molar refractivity (Wildman–Crippen MR) is 77.4 cm³/mol. The van der Waals surface area contributed by atoms with Crippen molar-refractivity contribution in [2.24, 2.45) is 5.73 Å². The fraction of sp³-hybridized carbons (Fsp3) is 0.600. The van der Waals surface area contributed by atoms with Crippen LogP contribution in [0.15, 0.2) is 30.3 Å². The smallest absolute Gasteiger partial charge is 0.0659 e. The number of para-hydroxylation sites is 1. The van der Waals surface area contributed by atoms with E-state index in [1.807, 2.05) is 0 Å². The van der Waals surface area contributed by atoms with E-state index in [1.165, 1.54) is 5.69 Å². The van der Waals surface area contributed by atoms with Crippen LogP contribution < -0.4 is 10.6 Å². The summed E-state index contributed by atoms with van der Waals surface area (Å²) in [6, 6.07) is 10.6. The van der Waals surface area contributed by atoms with Gasteiger partial charge in [0.1, 0.15) is 0 Å². The summed E-state index contributed by atoms with van der Waals surface area (Å²) >= 11 is 0. The molecule has 4 heteroatoms. The number of nitrogens with zero attached hydrogens (tertiary/aromatic N) is 2. The van der Waals surface area contributed by atoms with Gasteiger partial charge < -0.3 is 15.4 Å². The van der Waals surface area contributed by atoms with Crippen molar-refractivity contribution in [2.45, 2.75) is 12.0 Å². The molecule has 104 valence electrons. The average Bonchev–Trinajstić information content (AvgIpc) is 2.87. The Kier molecular flexibility index (Phi) is 3.73. The van der Waals surface area contributed by atoms with E-state index < -0.39 is 0 Å². The number of hydrogen-bond acceptors (Lipinski definition) is 4. The van der Waals surface area contributed by atoms with Crippen LogP contribution in [-0.4, -0.2) is 56.4 Å². The highest BCUT2D eigenvalue weighted by atomic mass is 16.5. The van der Waals surface area contributed by atoms with Gasteiger partial charge in [-0.15, -0.1) is 0 Å². The Morgan fingerprint density at radius 3 is 2.47 bits per heavy atom. The highest BCUT2D eigenvalue weighted by molar-refractivity contribution is 5.46. The fourth-order valence-corrected chi connectivity index (χ4v) is 3.00. The van der Waals surface area contributed by atoms with Crippen LogP contribution in [0.1, 0.15) is 6.42 Å². The molecule has 2 aliphatic rings. The number of nitrogens with two attached hydrogens (primary N) is 1. The van der Waals surface area contributed by atoms with E-state index in [2.05, 4.69) is 40.1 Å². The summed E-state index contributed by atoms with van der Waals surface area (Å²) in [4.78, 5) is 4.93. The molecule has 1 unspecified atom stereocenters. The van der Waals surface area contributed by atoms with Crippen LogP contribution in [0.3, 0.4) is 0 Å². The molecule has 1 aromatic rings. The fourth-order valence-electron chi connectivity index (χ4n) is 3.00. The predicted octanol–water partition coefficient (Wildman–Crippen LogP) is 0.926. The standard InChI is InChI=1S/C15H23N3O/c16-15(6-11-19-13-15)12-17-7-9-18(10-8-17)14-4-2-1-3-5-14/h1-5H,6-13,16H2. The quantitative estimate of drug-likeness (QED) is 0.879. The molecule has 3 rings (SSSR count). The van der Waals surface area contributed by atoms with Crippen molar-refractivity contribution in [1.29, 1.82) is 0 Å². The van der Waals surface area contributed by atoms with Crippen LogP contribution in [0.4, 0.5) is 5.69 Å². The van der Waals surface area contributed by atoms with Crippen molar-refractivity contribution >= 4 is 5.69 Å². The molecule has 2 aliphatic heterocycles. The molecule has 0 bridgehead atoms. The second-order valence-electron chi connectivity index (χ2n) is 5.76. The Morgan fingerprint density at radius 1 is 1.11 bits per heavy atom. The zero-order valence-electron chi connectivity index (χ0n) is 11.4. The van der Waals surface area contributed by atoms with Gasteiger partial charge in [-0.05, 0) is 18.6 Å². The maximum atomic E-state index is 6.36. The zero-order chi connectivity index (χ0) is 13.1. The van der Waals surface area contributed by atoms with E-state index in [4.69, 9.17) is 10.5 Å². The minimum Gasteiger partial charge on any atom is -0.379 e. The van der Waals surface area contributed by atoms with E-state index in [0.717, 1.165) is 45.8 Å². The molecule has 1 atom stereocenters. The summed E-state index contributed by atoms with van der Waals surface area (Å²) in [5, 5.41) is 0. The van der Waals surface area contributed by atoms with E-state index in [-0.39, 0.29) is 5.54 Å². The molecule has 0 saturated carbocycles. The van der Waals surface area contributed by atoms with Gasteiger partial charge >= 0.3 is 0 Å². The first kappa shape index (κ1) is 12.9. The summed E-state index contributed by atoms with van der Waals surface area (Å²) in [6.45, 7) is 6.85. The van der Waals surface area contributed by atoms with Crippen LogP contribution in [-0.2, 0) is 4.74 Å². The third-order valence-electron chi connectivity index (χ3n) is 4.17. The van der Waals surface area contributed by atoms with Crippen molar-refractivity contribution in [3.63, 3.8) is 0 Å². The highest BCUT2D eigenvalue weighted by Gasteiger charge is 2.33. The first-order valence-electron chi connectivity index (χ1n) is 7.14. The minimum absolute atomic E-state index is 0.116. The number of ether oxygens (including phenoxy) is 1.